The van der Waals surface area contributed by atoms with Crippen LogP contribution in [0.1, 0.15) is 64.5 Å². The minimum absolute atomic E-state index is 0.104. The molecule has 236 valence electrons. The van der Waals surface area contributed by atoms with E-state index < -0.39 is 41.5 Å². The third-order valence-corrected chi connectivity index (χ3v) is 11.4. The lowest BCUT2D eigenvalue weighted by molar-refractivity contribution is -0.323. The van der Waals surface area contributed by atoms with Crippen molar-refractivity contribution in [3.05, 3.63) is 40.0 Å². The molecular weight excluding hydrogens is 626 g/mol. The Kier molecular flexibility index (Phi) is 7.08. The average Bonchev–Trinajstić information content (AvgIpc) is 3.66. The number of benzene rings is 1. The number of aromatic nitrogens is 1. The maximum atomic E-state index is 14.6. The smallest absolute Gasteiger partial charge is 0.281 e. The number of aliphatic hydroxyl groups is 1. The molecule has 4 aliphatic heterocycles. The van der Waals surface area contributed by atoms with Gasteiger partial charge in [0.25, 0.3) is 11.8 Å². The van der Waals surface area contributed by atoms with E-state index in [9.17, 15) is 19.5 Å². The summed E-state index contributed by atoms with van der Waals surface area (Å²) in [5.74, 6) is -3.93. The van der Waals surface area contributed by atoms with Crippen LogP contribution in [0.5, 0.6) is 0 Å². The number of likely N-dealkylation sites (N-methyl/N-ethyl adjacent to an activating group) is 1. The number of ether oxygens (including phenoxy) is 1. The van der Waals surface area contributed by atoms with E-state index in [1.807, 2.05) is 46.9 Å². The summed E-state index contributed by atoms with van der Waals surface area (Å²) < 4.78 is 7.52. The molecule has 0 spiro atoms. The zero-order chi connectivity index (χ0) is 31.3. The fourth-order valence-corrected chi connectivity index (χ4v) is 8.93. The van der Waals surface area contributed by atoms with Crippen LogP contribution in [-0.4, -0.2) is 92.4 Å². The number of fused-ring (bicyclic) bond motifs is 5. The second-order valence-corrected chi connectivity index (χ2v) is 14.6. The Morgan fingerprint density at radius 1 is 1.27 bits per heavy atom. The molecule has 5 aliphatic rings. The van der Waals surface area contributed by atoms with Crippen LogP contribution >= 0.6 is 15.9 Å². The first-order valence-corrected chi connectivity index (χ1v) is 16.8. The second-order valence-electron chi connectivity index (χ2n) is 13.8. The van der Waals surface area contributed by atoms with E-state index in [1.54, 1.807) is 4.90 Å². The number of amides is 3. The van der Waals surface area contributed by atoms with Gasteiger partial charge in [0.05, 0.1) is 10.5 Å². The molecule has 3 amide bonds. The molecule has 3 saturated heterocycles. The molecule has 0 unspecified atom stereocenters. The van der Waals surface area contributed by atoms with Gasteiger partial charge in [0, 0.05) is 36.0 Å². The molecule has 10 nitrogen and oxygen atoms in total. The van der Waals surface area contributed by atoms with Crippen LogP contribution in [0, 0.1) is 17.8 Å². The standard InChI is InChI=1S/C33H42BrN5O5/c1-6-18(4)32(31(42)39-25(13-17(2)3)30(41)38-12-8-11-26(38)33(39,43)44-32)36-29(40)19-14-21-20-9-7-10-23-27(20)22(28(34)35-23)15-24(21)37(5)16-19/h7,9-10,14,17-19,24-26,35,43H,6,8,11-13,15-16H2,1-5H3,(H,36,40)/t18-,19+,24+,25-,26-,32+,33-/m0/s1. The van der Waals surface area contributed by atoms with Crippen LogP contribution in [0.3, 0.4) is 0 Å². The lowest BCUT2D eigenvalue weighted by atomic mass is 9.79. The largest absolute Gasteiger partial charge is 0.349 e. The third kappa shape index (κ3) is 4.11. The van der Waals surface area contributed by atoms with E-state index in [0.29, 0.717) is 32.4 Å². The number of carbonyl (C=O) groups is 3. The highest BCUT2D eigenvalue weighted by atomic mass is 79.9. The van der Waals surface area contributed by atoms with E-state index >= 15 is 0 Å². The van der Waals surface area contributed by atoms with E-state index in [2.05, 4.69) is 43.3 Å². The Hall–Kier alpha value is -2.73. The van der Waals surface area contributed by atoms with Gasteiger partial charge in [-0.2, -0.15) is 0 Å². The van der Waals surface area contributed by atoms with Crippen LogP contribution in [0.25, 0.3) is 16.5 Å². The number of hydrogen-bond acceptors (Lipinski definition) is 6. The predicted molar refractivity (Wildman–Crippen MR) is 169 cm³/mol. The fraction of sp³-hybridized carbons (Fsp3) is 0.606. The number of hydrogen-bond donors (Lipinski definition) is 3. The Morgan fingerprint density at radius 2 is 2.05 bits per heavy atom. The van der Waals surface area contributed by atoms with Crippen molar-refractivity contribution in [3.8, 4) is 0 Å². The van der Waals surface area contributed by atoms with Crippen LogP contribution in [0.15, 0.2) is 28.9 Å². The lowest BCUT2D eigenvalue weighted by Crippen LogP contribution is -2.71. The molecule has 11 heteroatoms. The maximum absolute atomic E-state index is 14.6. The van der Waals surface area contributed by atoms with Gasteiger partial charge in [-0.15, -0.1) is 0 Å². The van der Waals surface area contributed by atoms with Gasteiger partial charge in [-0.1, -0.05) is 45.9 Å². The first kappa shape index (κ1) is 30.0. The summed E-state index contributed by atoms with van der Waals surface area (Å²) in [6.45, 7) is 8.77. The van der Waals surface area contributed by atoms with Gasteiger partial charge in [0.2, 0.25) is 17.5 Å². The van der Waals surface area contributed by atoms with Crippen molar-refractivity contribution < 1.29 is 24.2 Å². The Bertz CT molecular complexity index is 1590. The van der Waals surface area contributed by atoms with E-state index in [1.165, 1.54) is 15.8 Å². The Labute approximate surface area is 266 Å². The molecule has 3 N–H and O–H groups in total. The summed E-state index contributed by atoms with van der Waals surface area (Å²) in [4.78, 5) is 51.2. The summed E-state index contributed by atoms with van der Waals surface area (Å²) in [5, 5.41) is 16.5. The Morgan fingerprint density at radius 3 is 2.77 bits per heavy atom. The van der Waals surface area contributed by atoms with Gasteiger partial charge < -0.3 is 20.3 Å². The molecule has 7 rings (SSSR count). The number of rotatable bonds is 6. The maximum Gasteiger partial charge on any atom is 0.281 e. The van der Waals surface area contributed by atoms with Crippen LogP contribution in [0.2, 0.25) is 0 Å². The predicted octanol–water partition coefficient (Wildman–Crippen LogP) is 3.58. The van der Waals surface area contributed by atoms with Crippen LogP contribution in [-0.2, 0) is 25.5 Å². The number of piperazine rings is 1. The number of nitrogens with one attached hydrogen (secondary N) is 2. The lowest BCUT2D eigenvalue weighted by Gasteiger charge is -2.49. The topological polar surface area (TPSA) is 118 Å². The van der Waals surface area contributed by atoms with Crippen LogP contribution in [0.4, 0.5) is 0 Å². The zero-order valence-electron chi connectivity index (χ0n) is 26.0. The molecule has 1 aromatic heterocycles. The van der Waals surface area contributed by atoms with E-state index in [4.69, 9.17) is 4.74 Å². The van der Waals surface area contributed by atoms with Gasteiger partial charge in [-0.3, -0.25) is 28.9 Å². The fourth-order valence-electron chi connectivity index (χ4n) is 8.36. The number of carbonyl (C=O) groups excluding carboxylic acids is 3. The van der Waals surface area contributed by atoms with Gasteiger partial charge in [-0.05, 0) is 83.8 Å². The minimum Gasteiger partial charge on any atom is -0.349 e. The van der Waals surface area contributed by atoms with Crippen molar-refractivity contribution in [2.24, 2.45) is 17.8 Å². The molecule has 7 atom stereocenters. The highest BCUT2D eigenvalue weighted by Gasteiger charge is 2.72. The average molecular weight is 669 g/mol. The van der Waals surface area contributed by atoms with Gasteiger partial charge >= 0.3 is 0 Å². The van der Waals surface area contributed by atoms with Gasteiger partial charge in [0.1, 0.15) is 12.1 Å². The number of halogens is 1. The molecule has 44 heavy (non-hydrogen) atoms. The molecule has 1 aliphatic carbocycles. The third-order valence-electron chi connectivity index (χ3n) is 10.7. The van der Waals surface area contributed by atoms with E-state index in [0.717, 1.165) is 34.1 Å². The highest BCUT2D eigenvalue weighted by Crippen LogP contribution is 2.49. The normalized spacial score (nSPS) is 33.9. The van der Waals surface area contributed by atoms with Crippen molar-refractivity contribution in [3.63, 3.8) is 0 Å². The van der Waals surface area contributed by atoms with Crippen molar-refractivity contribution in [1.82, 2.24) is 25.0 Å². The summed E-state index contributed by atoms with van der Waals surface area (Å²) in [6.07, 6.45) is 5.03. The molecule has 0 saturated carbocycles. The molecule has 0 bridgehead atoms. The molecule has 5 heterocycles. The first-order valence-electron chi connectivity index (χ1n) is 16.0. The van der Waals surface area contributed by atoms with Crippen molar-refractivity contribution >= 4 is 50.1 Å². The van der Waals surface area contributed by atoms with E-state index in [-0.39, 0.29) is 23.8 Å². The molecule has 2 aromatic rings. The van der Waals surface area contributed by atoms with Crippen LogP contribution < -0.4 is 5.32 Å². The summed E-state index contributed by atoms with van der Waals surface area (Å²) in [7, 11) is 2.03. The van der Waals surface area contributed by atoms with Gasteiger partial charge in [-0.25, -0.2) is 0 Å². The molecule has 3 fully saturated rings. The zero-order valence-corrected chi connectivity index (χ0v) is 27.6. The Balaban J connectivity index is 1.26. The monoisotopic (exact) mass is 667 g/mol. The summed E-state index contributed by atoms with van der Waals surface area (Å²) >= 11 is 3.71. The van der Waals surface area contributed by atoms with Crippen molar-refractivity contribution in [2.75, 3.05) is 20.1 Å². The second kappa shape index (κ2) is 10.4. The molecule has 0 radical (unpaired) electrons. The number of nitrogens with zero attached hydrogens (tertiary/aromatic N) is 3. The quantitative estimate of drug-likeness (QED) is 0.434. The van der Waals surface area contributed by atoms with Crippen molar-refractivity contribution in [1.29, 1.82) is 0 Å². The van der Waals surface area contributed by atoms with Gasteiger partial charge in [0.15, 0.2) is 0 Å². The first-order chi connectivity index (χ1) is 20.9. The number of aromatic amines is 1. The molecular formula is C33H42BrN5O5. The molecule has 1 aromatic carbocycles. The SMILES string of the molecule is CC[C@H](C)[C@@]1(NC(=O)[C@@H]2C=C3c4cccc5[nH]c(Br)c(c45)C[C@H]3N(C)C2)O[C@@]2(O)[C@@H]3CCCN3C(=O)[C@H](CC(C)C)N2C1=O. The summed E-state index contributed by atoms with van der Waals surface area (Å²) in [5.41, 5.74) is 2.70. The summed E-state index contributed by atoms with van der Waals surface area (Å²) in [6, 6.07) is 4.78. The van der Waals surface area contributed by atoms with Crippen molar-refractivity contribution in [2.45, 2.75) is 89.6 Å². The highest BCUT2D eigenvalue weighted by molar-refractivity contribution is 9.10. The number of H-pyrrole nitrogens is 1. The minimum atomic E-state index is -2.01.